The van der Waals surface area contributed by atoms with Crippen LogP contribution in [0.25, 0.3) is 95.1 Å². The minimum absolute atomic E-state index is 0.383. The number of allylic oxidation sites excluding steroid dienone is 4. The molecule has 4 nitrogen and oxygen atoms in total. The van der Waals surface area contributed by atoms with Crippen molar-refractivity contribution in [2.24, 2.45) is 0 Å². The van der Waals surface area contributed by atoms with E-state index >= 15 is 0 Å². The van der Waals surface area contributed by atoms with Gasteiger partial charge in [0.1, 0.15) is 11.2 Å². The molecule has 4 heteroatoms. The van der Waals surface area contributed by atoms with Gasteiger partial charge in [-0.2, -0.15) is 0 Å². The molecular weight excluding hydrogens is 671 g/mol. The predicted molar refractivity (Wildman–Crippen MR) is 224 cm³/mol. The fraction of sp³-hybridized carbons (Fsp3) is 0.0392. The van der Waals surface area contributed by atoms with Crippen LogP contribution in [0.4, 0.5) is 0 Å². The first-order valence-corrected chi connectivity index (χ1v) is 18.8. The molecule has 7 aromatic carbocycles. The van der Waals surface area contributed by atoms with Gasteiger partial charge in [-0.05, 0) is 86.8 Å². The molecule has 0 aliphatic heterocycles. The zero-order valence-electron chi connectivity index (χ0n) is 29.9. The van der Waals surface area contributed by atoms with Crippen molar-refractivity contribution in [1.82, 2.24) is 15.0 Å². The fourth-order valence-electron chi connectivity index (χ4n) is 8.41. The molecule has 9 aromatic rings. The van der Waals surface area contributed by atoms with E-state index in [9.17, 15) is 0 Å². The summed E-state index contributed by atoms with van der Waals surface area (Å²) < 4.78 is 6.68. The van der Waals surface area contributed by atoms with Crippen LogP contribution in [0.5, 0.6) is 0 Å². The zero-order valence-corrected chi connectivity index (χ0v) is 29.9. The molecule has 1 unspecified atom stereocenters. The van der Waals surface area contributed by atoms with E-state index in [1.807, 2.05) is 42.5 Å². The Kier molecular flexibility index (Phi) is 7.27. The molecule has 2 aliphatic carbocycles. The van der Waals surface area contributed by atoms with Gasteiger partial charge in [-0.25, -0.2) is 15.0 Å². The maximum absolute atomic E-state index is 6.68. The first kappa shape index (κ1) is 31.4. The molecule has 0 saturated carbocycles. The van der Waals surface area contributed by atoms with Crippen molar-refractivity contribution in [2.75, 3.05) is 0 Å². The highest BCUT2D eigenvalue weighted by atomic mass is 16.3. The number of furan rings is 1. The number of nitrogens with zero attached hydrogens (tertiary/aromatic N) is 3. The number of aromatic nitrogens is 3. The van der Waals surface area contributed by atoms with Gasteiger partial charge in [0.15, 0.2) is 17.5 Å². The highest BCUT2D eigenvalue weighted by molar-refractivity contribution is 6.10. The normalized spacial score (nSPS) is 14.3. The van der Waals surface area contributed by atoms with Crippen LogP contribution in [-0.4, -0.2) is 15.0 Å². The molecule has 0 saturated heterocycles. The van der Waals surface area contributed by atoms with Crippen LogP contribution in [0.1, 0.15) is 23.5 Å². The SMILES string of the molecule is C1=CCC2C(=C1)c1cc(-c3ccc4oc5c(-c6nc(-c7ccccc7)nc(-c7cccc(-c8ccccc8)c7)n6)cccc5c4c3)ccc1-c1ccccc12. The summed E-state index contributed by atoms with van der Waals surface area (Å²) in [4.78, 5) is 15.2. The molecule has 2 aromatic heterocycles. The highest BCUT2D eigenvalue weighted by Crippen LogP contribution is 2.50. The Bertz CT molecular complexity index is 3010. The Hall–Kier alpha value is -7.17. The lowest BCUT2D eigenvalue weighted by Gasteiger charge is -2.32. The second kappa shape index (κ2) is 12.8. The van der Waals surface area contributed by atoms with Crippen molar-refractivity contribution in [3.8, 4) is 67.5 Å². The summed E-state index contributed by atoms with van der Waals surface area (Å²) in [5.74, 6) is 2.17. The van der Waals surface area contributed by atoms with Crippen LogP contribution in [0, 0.1) is 0 Å². The van der Waals surface area contributed by atoms with Crippen LogP contribution in [0.2, 0.25) is 0 Å². The molecule has 11 rings (SSSR count). The van der Waals surface area contributed by atoms with Gasteiger partial charge in [0.05, 0.1) is 5.56 Å². The average Bonchev–Trinajstić information content (AvgIpc) is 3.65. The largest absolute Gasteiger partial charge is 0.455 e. The molecule has 2 heterocycles. The summed E-state index contributed by atoms with van der Waals surface area (Å²) >= 11 is 0. The topological polar surface area (TPSA) is 51.8 Å². The van der Waals surface area contributed by atoms with Crippen molar-refractivity contribution in [1.29, 1.82) is 0 Å². The van der Waals surface area contributed by atoms with Crippen molar-refractivity contribution in [3.63, 3.8) is 0 Å². The number of fused-ring (bicyclic) bond motifs is 9. The molecule has 2 aliphatic rings. The summed E-state index contributed by atoms with van der Waals surface area (Å²) in [6, 6.07) is 57.4. The first-order valence-electron chi connectivity index (χ1n) is 18.8. The van der Waals surface area contributed by atoms with Gasteiger partial charge < -0.3 is 4.42 Å². The third-order valence-electron chi connectivity index (χ3n) is 11.1. The van der Waals surface area contributed by atoms with Gasteiger partial charge in [-0.3, -0.25) is 0 Å². The van der Waals surface area contributed by atoms with E-state index in [1.165, 1.54) is 33.4 Å². The number of hydrogen-bond acceptors (Lipinski definition) is 4. The quantitative estimate of drug-likeness (QED) is 0.179. The molecule has 0 bridgehead atoms. The predicted octanol–water partition coefficient (Wildman–Crippen LogP) is 13.2. The fourth-order valence-corrected chi connectivity index (χ4v) is 8.41. The van der Waals surface area contributed by atoms with Gasteiger partial charge >= 0.3 is 0 Å². The highest BCUT2D eigenvalue weighted by Gasteiger charge is 2.29. The Balaban J connectivity index is 1.04. The average molecular weight is 704 g/mol. The molecule has 258 valence electrons. The van der Waals surface area contributed by atoms with Gasteiger partial charge in [0.2, 0.25) is 0 Å². The van der Waals surface area contributed by atoms with E-state index in [4.69, 9.17) is 19.4 Å². The van der Waals surface area contributed by atoms with Crippen molar-refractivity contribution in [3.05, 3.63) is 193 Å². The van der Waals surface area contributed by atoms with Crippen LogP contribution in [0.3, 0.4) is 0 Å². The van der Waals surface area contributed by atoms with E-state index < -0.39 is 0 Å². The van der Waals surface area contributed by atoms with E-state index in [0.717, 1.165) is 61.7 Å². The Morgan fingerprint density at radius 3 is 1.96 bits per heavy atom. The van der Waals surface area contributed by atoms with E-state index in [2.05, 4.69) is 140 Å². The minimum atomic E-state index is 0.383. The first-order chi connectivity index (χ1) is 27.2. The Morgan fingerprint density at radius 2 is 1.09 bits per heavy atom. The molecule has 0 fully saturated rings. The number of hydrogen-bond donors (Lipinski definition) is 0. The summed E-state index contributed by atoms with van der Waals surface area (Å²) in [7, 11) is 0. The lowest BCUT2D eigenvalue weighted by Crippen LogP contribution is -2.11. The van der Waals surface area contributed by atoms with Gasteiger partial charge in [0.25, 0.3) is 0 Å². The van der Waals surface area contributed by atoms with Crippen molar-refractivity contribution in [2.45, 2.75) is 12.3 Å². The molecular formula is C51H33N3O. The van der Waals surface area contributed by atoms with Crippen LogP contribution >= 0.6 is 0 Å². The van der Waals surface area contributed by atoms with Gasteiger partial charge in [-0.15, -0.1) is 0 Å². The van der Waals surface area contributed by atoms with E-state index in [0.29, 0.717) is 23.4 Å². The number of rotatable bonds is 5. The monoisotopic (exact) mass is 703 g/mol. The maximum atomic E-state index is 6.68. The molecule has 0 N–H and O–H groups in total. The minimum Gasteiger partial charge on any atom is -0.455 e. The molecule has 1 atom stereocenters. The third-order valence-corrected chi connectivity index (χ3v) is 11.1. The lowest BCUT2D eigenvalue weighted by atomic mass is 9.72. The van der Waals surface area contributed by atoms with E-state index in [1.54, 1.807) is 0 Å². The maximum Gasteiger partial charge on any atom is 0.167 e. The molecule has 0 radical (unpaired) electrons. The number of benzene rings is 7. The standard InChI is InChI=1S/C51H33N3O/c1-3-13-32(14-4-1)34-17-11-18-37(29-34)50-52-49(33-15-5-2-6-16-33)53-51(54-50)44-24-12-23-43-46-31-36(26-28-47(46)55-48(43)44)35-25-27-42-40-21-8-7-19-38(40)39-20-9-10-22-41(39)45(42)30-35/h1-19,21-31,39H,20H2. The van der Waals surface area contributed by atoms with Crippen LogP contribution in [0.15, 0.2) is 186 Å². The summed E-state index contributed by atoms with van der Waals surface area (Å²) in [5, 5.41) is 2.08. The zero-order chi connectivity index (χ0) is 36.3. The van der Waals surface area contributed by atoms with Crippen molar-refractivity contribution >= 4 is 27.5 Å². The number of para-hydroxylation sites is 1. The lowest BCUT2D eigenvalue weighted by molar-refractivity contribution is 0.669. The van der Waals surface area contributed by atoms with Crippen LogP contribution in [-0.2, 0) is 0 Å². The second-order valence-electron chi connectivity index (χ2n) is 14.3. The summed E-state index contributed by atoms with van der Waals surface area (Å²) in [6.45, 7) is 0. The summed E-state index contributed by atoms with van der Waals surface area (Å²) in [5.41, 5.74) is 15.6. The van der Waals surface area contributed by atoms with Gasteiger partial charge in [-0.1, -0.05) is 152 Å². The second-order valence-corrected chi connectivity index (χ2v) is 14.3. The third kappa shape index (κ3) is 5.33. The Morgan fingerprint density at radius 1 is 0.436 bits per heavy atom. The Labute approximate surface area is 318 Å². The van der Waals surface area contributed by atoms with Crippen molar-refractivity contribution < 1.29 is 4.42 Å². The van der Waals surface area contributed by atoms with E-state index in [-0.39, 0.29) is 0 Å². The smallest absolute Gasteiger partial charge is 0.167 e. The van der Waals surface area contributed by atoms with Crippen LogP contribution < -0.4 is 0 Å². The molecule has 0 amide bonds. The molecule has 0 spiro atoms. The summed E-state index contributed by atoms with van der Waals surface area (Å²) in [6.07, 6.45) is 7.82. The molecule has 55 heavy (non-hydrogen) atoms. The van der Waals surface area contributed by atoms with Gasteiger partial charge in [0, 0.05) is 27.8 Å².